The lowest BCUT2D eigenvalue weighted by molar-refractivity contribution is -0.133. The molecule has 2 aromatic carbocycles. The number of benzene rings is 2. The highest BCUT2D eigenvalue weighted by Gasteiger charge is 2.30. The summed E-state index contributed by atoms with van der Waals surface area (Å²) in [5, 5.41) is 0.117. The van der Waals surface area contributed by atoms with Crippen molar-refractivity contribution in [1.82, 2.24) is 14.1 Å². The summed E-state index contributed by atoms with van der Waals surface area (Å²) in [5.41, 5.74) is 0.951. The Morgan fingerprint density at radius 3 is 2.33 bits per heavy atom. The van der Waals surface area contributed by atoms with Crippen LogP contribution in [0.15, 0.2) is 47.4 Å². The topological polar surface area (TPSA) is 60.9 Å². The van der Waals surface area contributed by atoms with Crippen molar-refractivity contribution >= 4 is 27.5 Å². The van der Waals surface area contributed by atoms with E-state index in [2.05, 4.69) is 4.90 Å². The van der Waals surface area contributed by atoms with Crippen LogP contribution in [0.1, 0.15) is 11.1 Å². The molecule has 1 fully saturated rings. The molecule has 0 aromatic heterocycles. The zero-order valence-electron chi connectivity index (χ0n) is 17.0. The molecule has 1 aliphatic heterocycles. The van der Waals surface area contributed by atoms with Crippen molar-refractivity contribution < 1.29 is 17.6 Å². The summed E-state index contributed by atoms with van der Waals surface area (Å²) in [6.45, 7) is 3.61. The average molecular weight is 454 g/mol. The number of carbonyl (C=O) groups is 1. The van der Waals surface area contributed by atoms with Gasteiger partial charge in [0, 0.05) is 43.3 Å². The van der Waals surface area contributed by atoms with Crippen LogP contribution in [0.2, 0.25) is 5.02 Å². The van der Waals surface area contributed by atoms with E-state index in [1.54, 1.807) is 17.0 Å². The van der Waals surface area contributed by atoms with Crippen LogP contribution < -0.4 is 0 Å². The smallest absolute Gasteiger partial charge is 0.243 e. The first-order valence-electron chi connectivity index (χ1n) is 9.64. The third kappa shape index (κ3) is 5.18. The zero-order valence-corrected chi connectivity index (χ0v) is 18.6. The van der Waals surface area contributed by atoms with Crippen molar-refractivity contribution in [2.24, 2.45) is 0 Å². The molecule has 1 aliphatic rings. The van der Waals surface area contributed by atoms with Crippen LogP contribution in [-0.4, -0.2) is 68.2 Å². The third-order valence-electron chi connectivity index (χ3n) is 5.22. The van der Waals surface area contributed by atoms with Crippen molar-refractivity contribution in [3.05, 3.63) is 64.4 Å². The Morgan fingerprint density at radius 1 is 1.10 bits per heavy atom. The lowest BCUT2D eigenvalue weighted by Gasteiger charge is -2.34. The first-order valence-corrected chi connectivity index (χ1v) is 11.5. The average Bonchev–Trinajstić information content (AvgIpc) is 2.70. The number of aryl methyl sites for hydroxylation is 1. The van der Waals surface area contributed by atoms with Gasteiger partial charge in [-0.05, 0) is 38.2 Å². The quantitative estimate of drug-likeness (QED) is 0.674. The fourth-order valence-electron chi connectivity index (χ4n) is 3.25. The lowest BCUT2D eigenvalue weighted by atomic mass is 10.2. The second kappa shape index (κ2) is 9.43. The molecule has 0 spiro atoms. The number of likely N-dealkylation sites (N-methyl/N-ethyl adjacent to an activating group) is 1. The van der Waals surface area contributed by atoms with Gasteiger partial charge in [-0.3, -0.25) is 4.79 Å². The minimum Gasteiger partial charge on any atom is -0.339 e. The largest absolute Gasteiger partial charge is 0.339 e. The summed E-state index contributed by atoms with van der Waals surface area (Å²) in [5.74, 6) is -0.926. The molecule has 30 heavy (non-hydrogen) atoms. The van der Waals surface area contributed by atoms with Crippen LogP contribution in [0.5, 0.6) is 0 Å². The van der Waals surface area contributed by atoms with E-state index >= 15 is 0 Å². The number of amides is 1. The molecule has 1 saturated heterocycles. The second-order valence-electron chi connectivity index (χ2n) is 7.47. The van der Waals surface area contributed by atoms with Gasteiger partial charge in [0.15, 0.2) is 0 Å². The molecule has 0 aliphatic carbocycles. The van der Waals surface area contributed by atoms with E-state index in [4.69, 9.17) is 11.6 Å². The van der Waals surface area contributed by atoms with Crippen LogP contribution in [0.4, 0.5) is 4.39 Å². The molecule has 3 rings (SSSR count). The predicted octanol–water partition coefficient (Wildman–Crippen LogP) is 2.75. The molecular weight excluding hydrogens is 429 g/mol. The molecule has 6 nitrogen and oxygen atoms in total. The summed E-state index contributed by atoms with van der Waals surface area (Å²) in [4.78, 5) is 16.7. The van der Waals surface area contributed by atoms with E-state index < -0.39 is 15.8 Å². The lowest BCUT2D eigenvalue weighted by Crippen LogP contribution is -2.50. The molecule has 9 heteroatoms. The zero-order chi connectivity index (χ0) is 21.9. The van der Waals surface area contributed by atoms with Crippen molar-refractivity contribution in [3.63, 3.8) is 0 Å². The number of halogens is 2. The monoisotopic (exact) mass is 453 g/mol. The Kier molecular flexibility index (Phi) is 7.13. The maximum absolute atomic E-state index is 14.4. The number of nitrogens with zero attached hydrogens (tertiary/aromatic N) is 3. The first-order chi connectivity index (χ1) is 14.2. The van der Waals surface area contributed by atoms with Crippen molar-refractivity contribution in [1.29, 1.82) is 0 Å². The van der Waals surface area contributed by atoms with E-state index in [1.807, 2.05) is 14.0 Å². The summed E-state index contributed by atoms with van der Waals surface area (Å²) >= 11 is 6.13. The van der Waals surface area contributed by atoms with Gasteiger partial charge in [-0.15, -0.1) is 0 Å². The number of piperazine rings is 1. The van der Waals surface area contributed by atoms with Crippen molar-refractivity contribution in [2.45, 2.75) is 18.4 Å². The van der Waals surface area contributed by atoms with Gasteiger partial charge >= 0.3 is 0 Å². The van der Waals surface area contributed by atoms with Gasteiger partial charge in [0.05, 0.1) is 11.4 Å². The fourth-order valence-corrected chi connectivity index (χ4v) is 4.83. The maximum Gasteiger partial charge on any atom is 0.243 e. The number of carbonyl (C=O) groups excluding carboxylic acids is 1. The van der Waals surface area contributed by atoms with Gasteiger partial charge < -0.3 is 9.80 Å². The summed E-state index contributed by atoms with van der Waals surface area (Å²) in [6.07, 6.45) is 0. The normalized spacial score (nSPS) is 15.6. The predicted molar refractivity (Wildman–Crippen MR) is 114 cm³/mol. The van der Waals surface area contributed by atoms with Gasteiger partial charge in [-0.25, -0.2) is 12.8 Å². The van der Waals surface area contributed by atoms with E-state index in [1.165, 1.54) is 30.3 Å². The standard InChI is InChI=1S/C21H25ClFN3O3S/c1-16-6-8-17(9-7-16)30(28,29)26(14-18-19(22)4-3-5-20(18)23)15-21(27)25-12-10-24(2)11-13-25/h3-9H,10-15H2,1-2H3. The number of sulfonamides is 1. The van der Waals surface area contributed by atoms with Crippen LogP contribution in [-0.2, 0) is 21.4 Å². The van der Waals surface area contributed by atoms with Gasteiger partial charge in [-0.1, -0.05) is 35.4 Å². The van der Waals surface area contributed by atoms with Crippen molar-refractivity contribution in [2.75, 3.05) is 39.8 Å². The molecule has 1 amide bonds. The van der Waals surface area contributed by atoms with Gasteiger partial charge in [0.25, 0.3) is 0 Å². The van der Waals surface area contributed by atoms with E-state index in [9.17, 15) is 17.6 Å². The van der Waals surface area contributed by atoms with Crippen LogP contribution in [0, 0.1) is 12.7 Å². The maximum atomic E-state index is 14.4. The van der Waals surface area contributed by atoms with E-state index in [-0.39, 0.29) is 34.5 Å². The highest BCUT2D eigenvalue weighted by atomic mass is 35.5. The highest BCUT2D eigenvalue weighted by Crippen LogP contribution is 2.25. The molecule has 0 saturated carbocycles. The Labute approximate surface area is 181 Å². The number of rotatable bonds is 6. The van der Waals surface area contributed by atoms with Crippen LogP contribution >= 0.6 is 11.6 Å². The molecule has 0 N–H and O–H groups in total. The van der Waals surface area contributed by atoms with Gasteiger partial charge in [0.1, 0.15) is 5.82 Å². The number of hydrogen-bond acceptors (Lipinski definition) is 4. The van der Waals surface area contributed by atoms with E-state index in [0.29, 0.717) is 13.1 Å². The van der Waals surface area contributed by atoms with E-state index in [0.717, 1.165) is 23.0 Å². The SMILES string of the molecule is Cc1ccc(S(=O)(=O)N(CC(=O)N2CCN(C)CC2)Cc2c(F)cccc2Cl)cc1. The van der Waals surface area contributed by atoms with Gasteiger partial charge in [0.2, 0.25) is 15.9 Å². The minimum absolute atomic E-state index is 0.0426. The molecule has 0 unspecified atom stereocenters. The molecular formula is C21H25ClFN3O3S. The summed E-state index contributed by atoms with van der Waals surface area (Å²) in [6, 6.07) is 10.5. The third-order valence-corrected chi connectivity index (χ3v) is 7.38. The Morgan fingerprint density at radius 2 is 1.73 bits per heavy atom. The Balaban J connectivity index is 1.92. The van der Waals surface area contributed by atoms with Crippen LogP contribution in [0.25, 0.3) is 0 Å². The summed E-state index contributed by atoms with van der Waals surface area (Å²) < 4.78 is 42.0. The second-order valence-corrected chi connectivity index (χ2v) is 9.82. The fraction of sp³-hybridized carbons (Fsp3) is 0.381. The van der Waals surface area contributed by atoms with Crippen LogP contribution in [0.3, 0.4) is 0 Å². The Bertz CT molecular complexity index is 986. The molecule has 1 heterocycles. The first kappa shape index (κ1) is 22.7. The number of hydrogen-bond donors (Lipinski definition) is 0. The Hall–Kier alpha value is -2.00. The molecule has 0 radical (unpaired) electrons. The molecule has 162 valence electrons. The van der Waals surface area contributed by atoms with Crippen molar-refractivity contribution in [3.8, 4) is 0 Å². The van der Waals surface area contributed by atoms with Gasteiger partial charge in [-0.2, -0.15) is 4.31 Å². The highest BCUT2D eigenvalue weighted by molar-refractivity contribution is 7.89. The minimum atomic E-state index is -4.04. The molecule has 2 aromatic rings. The molecule has 0 atom stereocenters. The molecule has 0 bridgehead atoms. The summed E-state index contributed by atoms with van der Waals surface area (Å²) in [7, 11) is -2.08.